The number of benzene rings is 1. The zero-order chi connectivity index (χ0) is 11.4. The average molecular weight is 218 g/mol. The molecule has 1 nitrogen and oxygen atoms in total. The van der Waals surface area contributed by atoms with E-state index >= 15 is 0 Å². The quantitative estimate of drug-likeness (QED) is 0.686. The van der Waals surface area contributed by atoms with Gasteiger partial charge in [-0.05, 0) is 30.9 Å². The van der Waals surface area contributed by atoms with Gasteiger partial charge >= 0.3 is 0 Å². The molecule has 1 heterocycles. The normalized spacial score (nSPS) is 24.1. The summed E-state index contributed by atoms with van der Waals surface area (Å²) < 4.78 is 6.06. The van der Waals surface area contributed by atoms with Gasteiger partial charge in [-0.25, -0.2) is 0 Å². The van der Waals surface area contributed by atoms with Crippen LogP contribution in [0.25, 0.3) is 0 Å². The van der Waals surface area contributed by atoms with Gasteiger partial charge in [0.05, 0.1) is 12.2 Å². The monoisotopic (exact) mass is 218 g/mol. The summed E-state index contributed by atoms with van der Waals surface area (Å²) in [6, 6.07) is 8.75. The highest BCUT2D eigenvalue weighted by atomic mass is 16.5. The molecule has 1 aliphatic heterocycles. The van der Waals surface area contributed by atoms with E-state index < -0.39 is 0 Å². The predicted molar refractivity (Wildman–Crippen MR) is 67.6 cm³/mol. The Bertz CT molecular complexity index is 332. The third-order valence-corrected chi connectivity index (χ3v) is 3.38. The minimum Gasteiger partial charge on any atom is -0.370 e. The van der Waals surface area contributed by atoms with Crippen molar-refractivity contribution in [1.29, 1.82) is 0 Å². The van der Waals surface area contributed by atoms with Gasteiger partial charge in [-0.2, -0.15) is 0 Å². The van der Waals surface area contributed by atoms with Gasteiger partial charge < -0.3 is 4.74 Å². The van der Waals surface area contributed by atoms with Crippen molar-refractivity contribution in [3.05, 3.63) is 35.4 Å². The van der Waals surface area contributed by atoms with Gasteiger partial charge in [-0.3, -0.25) is 0 Å². The van der Waals surface area contributed by atoms with Crippen LogP contribution in [-0.2, 0) is 11.2 Å². The van der Waals surface area contributed by atoms with Gasteiger partial charge in [0.15, 0.2) is 0 Å². The summed E-state index contributed by atoms with van der Waals surface area (Å²) in [6.45, 7) is 4.43. The Morgan fingerprint density at radius 3 is 2.88 bits per heavy atom. The Morgan fingerprint density at radius 2 is 2.06 bits per heavy atom. The van der Waals surface area contributed by atoms with Crippen LogP contribution in [-0.4, -0.2) is 6.10 Å². The van der Waals surface area contributed by atoms with Crippen LogP contribution in [0.15, 0.2) is 24.3 Å². The highest BCUT2D eigenvalue weighted by Crippen LogP contribution is 2.33. The van der Waals surface area contributed by atoms with Crippen molar-refractivity contribution in [2.75, 3.05) is 0 Å². The molecule has 1 aromatic carbocycles. The highest BCUT2D eigenvalue weighted by Gasteiger charge is 2.23. The molecule has 0 saturated heterocycles. The number of rotatable bonds is 4. The first kappa shape index (κ1) is 11.7. The Labute approximate surface area is 98.8 Å². The first-order chi connectivity index (χ1) is 7.81. The summed E-state index contributed by atoms with van der Waals surface area (Å²) in [7, 11) is 0. The van der Waals surface area contributed by atoms with Crippen LogP contribution in [0.3, 0.4) is 0 Å². The van der Waals surface area contributed by atoms with Gasteiger partial charge in [0.1, 0.15) is 0 Å². The Kier molecular flexibility index (Phi) is 4.00. The smallest absolute Gasteiger partial charge is 0.0831 e. The van der Waals surface area contributed by atoms with Crippen molar-refractivity contribution in [1.82, 2.24) is 0 Å². The van der Waals surface area contributed by atoms with Crippen LogP contribution >= 0.6 is 0 Å². The van der Waals surface area contributed by atoms with Crippen molar-refractivity contribution >= 4 is 0 Å². The maximum atomic E-state index is 6.06. The molecule has 0 N–H and O–H groups in total. The second-order valence-electron chi connectivity index (χ2n) is 4.83. The maximum absolute atomic E-state index is 6.06. The average Bonchev–Trinajstić information content (AvgIpc) is 2.29. The molecule has 0 fully saturated rings. The lowest BCUT2D eigenvalue weighted by Crippen LogP contribution is -2.23. The molecule has 1 aromatic rings. The van der Waals surface area contributed by atoms with E-state index in [2.05, 4.69) is 38.1 Å². The molecule has 0 amide bonds. The van der Waals surface area contributed by atoms with Crippen molar-refractivity contribution in [2.45, 2.75) is 58.2 Å². The van der Waals surface area contributed by atoms with Crippen LogP contribution in [0.4, 0.5) is 0 Å². The Balaban J connectivity index is 2.07. The van der Waals surface area contributed by atoms with Gasteiger partial charge in [-0.1, -0.05) is 50.5 Å². The number of ether oxygens (including phenoxy) is 1. The van der Waals surface area contributed by atoms with Crippen molar-refractivity contribution in [3.63, 3.8) is 0 Å². The topological polar surface area (TPSA) is 9.23 Å². The van der Waals surface area contributed by atoms with Gasteiger partial charge in [0.2, 0.25) is 0 Å². The van der Waals surface area contributed by atoms with Crippen LogP contribution in [0, 0.1) is 0 Å². The number of unbranched alkanes of at least 4 members (excludes halogenated alkanes) is 2. The van der Waals surface area contributed by atoms with E-state index in [1.807, 2.05) is 0 Å². The molecule has 0 bridgehead atoms. The largest absolute Gasteiger partial charge is 0.370 e. The van der Waals surface area contributed by atoms with Gasteiger partial charge in [0.25, 0.3) is 0 Å². The third-order valence-electron chi connectivity index (χ3n) is 3.38. The molecule has 0 aliphatic carbocycles. The van der Waals surface area contributed by atoms with Crippen molar-refractivity contribution < 1.29 is 4.74 Å². The zero-order valence-corrected chi connectivity index (χ0v) is 10.4. The second-order valence-corrected chi connectivity index (χ2v) is 4.83. The summed E-state index contributed by atoms with van der Waals surface area (Å²) in [5.41, 5.74) is 2.92. The van der Waals surface area contributed by atoms with E-state index in [4.69, 9.17) is 4.74 Å². The molecule has 1 aliphatic rings. The fourth-order valence-corrected chi connectivity index (χ4v) is 2.55. The lowest BCUT2D eigenvalue weighted by Gasteiger charge is -2.30. The fraction of sp³-hybridized carbons (Fsp3) is 0.600. The van der Waals surface area contributed by atoms with E-state index in [0.717, 1.165) is 6.42 Å². The van der Waals surface area contributed by atoms with E-state index in [1.54, 1.807) is 0 Å². The molecule has 16 heavy (non-hydrogen) atoms. The SMILES string of the molecule is CCCCCC1OC(C)Cc2ccccc21. The molecule has 1 heteroatoms. The predicted octanol–water partition coefficient (Wildman–Crippen LogP) is 4.27. The molecule has 0 aromatic heterocycles. The number of hydrogen-bond donors (Lipinski definition) is 0. The van der Waals surface area contributed by atoms with Crippen LogP contribution in [0.1, 0.15) is 56.8 Å². The highest BCUT2D eigenvalue weighted by molar-refractivity contribution is 5.31. The summed E-state index contributed by atoms with van der Waals surface area (Å²) in [4.78, 5) is 0. The summed E-state index contributed by atoms with van der Waals surface area (Å²) in [6.07, 6.45) is 6.84. The molecule has 88 valence electrons. The lowest BCUT2D eigenvalue weighted by molar-refractivity contribution is -0.0209. The maximum Gasteiger partial charge on any atom is 0.0831 e. The van der Waals surface area contributed by atoms with E-state index in [0.29, 0.717) is 12.2 Å². The summed E-state index contributed by atoms with van der Waals surface area (Å²) in [5.74, 6) is 0. The molecule has 2 rings (SSSR count). The first-order valence-corrected chi connectivity index (χ1v) is 6.54. The van der Waals surface area contributed by atoms with Gasteiger partial charge in [-0.15, -0.1) is 0 Å². The molecule has 0 spiro atoms. The minimum absolute atomic E-state index is 0.339. The minimum atomic E-state index is 0.339. The summed E-state index contributed by atoms with van der Waals surface area (Å²) >= 11 is 0. The lowest BCUT2D eigenvalue weighted by atomic mass is 9.92. The molecule has 2 unspecified atom stereocenters. The third kappa shape index (κ3) is 2.65. The van der Waals surface area contributed by atoms with Crippen LogP contribution in [0.5, 0.6) is 0 Å². The number of fused-ring (bicyclic) bond motifs is 1. The Hall–Kier alpha value is -0.820. The molecule has 0 saturated carbocycles. The second kappa shape index (κ2) is 5.49. The zero-order valence-electron chi connectivity index (χ0n) is 10.4. The molecular weight excluding hydrogens is 196 g/mol. The Morgan fingerprint density at radius 1 is 1.25 bits per heavy atom. The van der Waals surface area contributed by atoms with Crippen LogP contribution < -0.4 is 0 Å². The van der Waals surface area contributed by atoms with Crippen molar-refractivity contribution in [2.24, 2.45) is 0 Å². The molecule has 2 atom stereocenters. The van der Waals surface area contributed by atoms with Gasteiger partial charge in [0, 0.05) is 0 Å². The van der Waals surface area contributed by atoms with E-state index in [9.17, 15) is 0 Å². The van der Waals surface area contributed by atoms with Crippen molar-refractivity contribution in [3.8, 4) is 0 Å². The summed E-state index contributed by atoms with van der Waals surface area (Å²) in [5, 5.41) is 0. The first-order valence-electron chi connectivity index (χ1n) is 6.54. The van der Waals surface area contributed by atoms with Crippen LogP contribution in [0.2, 0.25) is 0 Å². The molecule has 0 radical (unpaired) electrons. The number of hydrogen-bond acceptors (Lipinski definition) is 1. The van der Waals surface area contributed by atoms with E-state index in [-0.39, 0.29) is 0 Å². The van der Waals surface area contributed by atoms with E-state index in [1.165, 1.54) is 36.8 Å². The molecular formula is C15H22O. The standard InChI is InChI=1S/C15H22O/c1-3-4-5-10-15-14-9-7-6-8-13(14)11-12(2)16-15/h6-9,12,15H,3-5,10-11H2,1-2H3. The fourth-order valence-electron chi connectivity index (χ4n) is 2.55.